The number of hydrogen-bond donors (Lipinski definition) is 1. The molecule has 0 saturated carbocycles. The number of aliphatic carboxylic acids is 1. The van der Waals surface area contributed by atoms with Gasteiger partial charge in [-0.3, -0.25) is 4.79 Å². The average Bonchev–Trinajstić information content (AvgIpc) is 2.78. The Kier molecular flexibility index (Phi) is 3.10. The van der Waals surface area contributed by atoms with Crippen LogP contribution in [-0.4, -0.2) is 31.4 Å². The second-order valence-electron chi connectivity index (χ2n) is 3.87. The van der Waals surface area contributed by atoms with Crippen LogP contribution in [0.5, 0.6) is 5.75 Å². The Bertz CT molecular complexity index is 388. The summed E-state index contributed by atoms with van der Waals surface area (Å²) in [5, 5.41) is 9.06. The zero-order valence-corrected chi connectivity index (χ0v) is 9.05. The van der Waals surface area contributed by atoms with Crippen LogP contribution in [-0.2, 0) is 9.53 Å². The van der Waals surface area contributed by atoms with Crippen molar-refractivity contribution in [3.8, 4) is 5.75 Å². The van der Waals surface area contributed by atoms with Gasteiger partial charge >= 0.3 is 5.97 Å². The zero-order chi connectivity index (χ0) is 11.5. The van der Waals surface area contributed by atoms with Crippen LogP contribution in [0.4, 0.5) is 0 Å². The van der Waals surface area contributed by atoms with E-state index in [1.54, 1.807) is 7.11 Å². The number of carbonyl (C=O) groups is 1. The monoisotopic (exact) mass is 222 g/mol. The topological polar surface area (TPSA) is 55.8 Å². The van der Waals surface area contributed by atoms with Gasteiger partial charge < -0.3 is 14.6 Å². The van der Waals surface area contributed by atoms with Crippen molar-refractivity contribution in [1.29, 1.82) is 0 Å². The van der Waals surface area contributed by atoms with Crippen LogP contribution in [0.3, 0.4) is 0 Å². The van der Waals surface area contributed by atoms with Crippen molar-refractivity contribution in [3.05, 3.63) is 29.8 Å². The van der Waals surface area contributed by atoms with Crippen LogP contribution in [0.15, 0.2) is 24.3 Å². The average molecular weight is 222 g/mol. The number of carboxylic acids is 1. The fraction of sp³-hybridized carbons (Fsp3) is 0.417. The minimum absolute atomic E-state index is 0.0763. The largest absolute Gasteiger partial charge is 0.497 e. The van der Waals surface area contributed by atoms with Crippen molar-refractivity contribution in [2.75, 3.05) is 20.3 Å². The molecule has 1 heterocycles. The summed E-state index contributed by atoms with van der Waals surface area (Å²) in [6, 6.07) is 7.49. The highest BCUT2D eigenvalue weighted by atomic mass is 16.5. The van der Waals surface area contributed by atoms with Gasteiger partial charge in [-0.05, 0) is 17.7 Å². The summed E-state index contributed by atoms with van der Waals surface area (Å²) in [5.41, 5.74) is 0.962. The van der Waals surface area contributed by atoms with E-state index in [4.69, 9.17) is 14.6 Å². The summed E-state index contributed by atoms with van der Waals surface area (Å²) in [4.78, 5) is 11.0. The molecule has 0 bridgehead atoms. The molecule has 0 spiro atoms. The molecule has 86 valence electrons. The molecule has 4 nitrogen and oxygen atoms in total. The van der Waals surface area contributed by atoms with E-state index in [1.807, 2.05) is 24.3 Å². The second kappa shape index (κ2) is 4.53. The highest BCUT2D eigenvalue weighted by Gasteiger charge is 2.35. The number of rotatable bonds is 3. The molecule has 1 aliphatic heterocycles. The van der Waals surface area contributed by atoms with E-state index in [0.29, 0.717) is 6.61 Å². The lowest BCUT2D eigenvalue weighted by atomic mass is 9.89. The lowest BCUT2D eigenvalue weighted by Gasteiger charge is -2.14. The maximum Gasteiger partial charge on any atom is 0.309 e. The van der Waals surface area contributed by atoms with Gasteiger partial charge in [0, 0.05) is 5.92 Å². The molecule has 0 radical (unpaired) electrons. The molecule has 1 fully saturated rings. The molecule has 1 aliphatic rings. The Hall–Kier alpha value is -1.55. The number of hydrogen-bond acceptors (Lipinski definition) is 3. The first-order valence-electron chi connectivity index (χ1n) is 5.17. The van der Waals surface area contributed by atoms with Crippen LogP contribution < -0.4 is 4.74 Å². The van der Waals surface area contributed by atoms with Crippen LogP contribution in [0.1, 0.15) is 11.5 Å². The standard InChI is InChI=1S/C12H14O4/c1-15-9-4-2-3-8(5-9)10-6-16-7-11(10)12(13)14/h2-5,10-11H,6-7H2,1H3,(H,13,14). The molecular formula is C12H14O4. The third-order valence-electron chi connectivity index (χ3n) is 2.92. The second-order valence-corrected chi connectivity index (χ2v) is 3.87. The summed E-state index contributed by atoms with van der Waals surface area (Å²) in [5.74, 6) is -0.585. The predicted octanol–water partition coefficient (Wildman–Crippen LogP) is 1.51. The Morgan fingerprint density at radius 3 is 3.00 bits per heavy atom. The normalized spacial score (nSPS) is 24.3. The summed E-state index contributed by atoms with van der Waals surface area (Å²) in [7, 11) is 1.60. The van der Waals surface area contributed by atoms with Crippen molar-refractivity contribution >= 4 is 5.97 Å². The van der Waals surface area contributed by atoms with Crippen LogP contribution >= 0.6 is 0 Å². The molecule has 1 saturated heterocycles. The Labute approximate surface area is 93.8 Å². The van der Waals surface area contributed by atoms with E-state index in [9.17, 15) is 4.79 Å². The van der Waals surface area contributed by atoms with Gasteiger partial charge in [-0.1, -0.05) is 12.1 Å². The number of ether oxygens (including phenoxy) is 2. The van der Waals surface area contributed by atoms with E-state index in [2.05, 4.69) is 0 Å². The molecule has 0 aliphatic carbocycles. The molecule has 16 heavy (non-hydrogen) atoms. The third kappa shape index (κ3) is 2.02. The van der Waals surface area contributed by atoms with E-state index in [0.717, 1.165) is 11.3 Å². The van der Waals surface area contributed by atoms with E-state index < -0.39 is 11.9 Å². The van der Waals surface area contributed by atoms with E-state index in [-0.39, 0.29) is 12.5 Å². The van der Waals surface area contributed by atoms with Gasteiger partial charge in [0.15, 0.2) is 0 Å². The first-order chi connectivity index (χ1) is 7.72. The van der Waals surface area contributed by atoms with Crippen molar-refractivity contribution in [1.82, 2.24) is 0 Å². The molecule has 1 aromatic rings. The molecule has 4 heteroatoms. The van der Waals surface area contributed by atoms with Gasteiger partial charge in [-0.15, -0.1) is 0 Å². The minimum atomic E-state index is -0.801. The van der Waals surface area contributed by atoms with E-state index >= 15 is 0 Å². The van der Waals surface area contributed by atoms with Gasteiger partial charge in [0.25, 0.3) is 0 Å². The Morgan fingerprint density at radius 2 is 2.31 bits per heavy atom. The SMILES string of the molecule is COc1cccc(C2COCC2C(=O)O)c1. The molecule has 2 unspecified atom stereocenters. The Balaban J connectivity index is 2.25. The van der Waals surface area contributed by atoms with Gasteiger partial charge in [0.05, 0.1) is 26.2 Å². The lowest BCUT2D eigenvalue weighted by molar-refractivity contribution is -0.142. The van der Waals surface area contributed by atoms with Crippen LogP contribution in [0.25, 0.3) is 0 Å². The lowest BCUT2D eigenvalue weighted by Crippen LogP contribution is -2.20. The highest BCUT2D eigenvalue weighted by Crippen LogP contribution is 2.32. The number of carboxylic acid groups (broad SMARTS) is 1. The van der Waals surface area contributed by atoms with Crippen LogP contribution in [0, 0.1) is 5.92 Å². The van der Waals surface area contributed by atoms with Gasteiger partial charge in [0.1, 0.15) is 5.75 Å². The zero-order valence-electron chi connectivity index (χ0n) is 9.05. The molecule has 1 N–H and O–H groups in total. The summed E-state index contributed by atoms with van der Waals surface area (Å²) in [6.07, 6.45) is 0. The fourth-order valence-corrected chi connectivity index (χ4v) is 2.00. The maximum absolute atomic E-state index is 11.0. The number of methoxy groups -OCH3 is 1. The van der Waals surface area contributed by atoms with Crippen molar-refractivity contribution < 1.29 is 19.4 Å². The quantitative estimate of drug-likeness (QED) is 0.842. The smallest absolute Gasteiger partial charge is 0.309 e. The third-order valence-corrected chi connectivity index (χ3v) is 2.92. The first-order valence-corrected chi connectivity index (χ1v) is 5.17. The summed E-state index contributed by atoms with van der Waals surface area (Å²) in [6.45, 7) is 0.751. The fourth-order valence-electron chi connectivity index (χ4n) is 2.00. The molecule has 0 amide bonds. The van der Waals surface area contributed by atoms with Crippen molar-refractivity contribution in [3.63, 3.8) is 0 Å². The van der Waals surface area contributed by atoms with Gasteiger partial charge in [0.2, 0.25) is 0 Å². The molecule has 2 atom stereocenters. The van der Waals surface area contributed by atoms with Crippen molar-refractivity contribution in [2.24, 2.45) is 5.92 Å². The summed E-state index contributed by atoms with van der Waals surface area (Å²) >= 11 is 0. The molecule has 0 aromatic heterocycles. The molecule has 2 rings (SSSR count). The van der Waals surface area contributed by atoms with Gasteiger partial charge in [-0.25, -0.2) is 0 Å². The predicted molar refractivity (Wildman–Crippen MR) is 57.7 cm³/mol. The number of benzene rings is 1. The minimum Gasteiger partial charge on any atom is -0.497 e. The highest BCUT2D eigenvalue weighted by molar-refractivity contribution is 5.72. The van der Waals surface area contributed by atoms with Crippen molar-refractivity contribution in [2.45, 2.75) is 5.92 Å². The first kappa shape index (κ1) is 11.0. The molecular weight excluding hydrogens is 208 g/mol. The molecule has 1 aromatic carbocycles. The van der Waals surface area contributed by atoms with Gasteiger partial charge in [-0.2, -0.15) is 0 Å². The maximum atomic E-state index is 11.0. The van der Waals surface area contributed by atoms with E-state index in [1.165, 1.54) is 0 Å². The Morgan fingerprint density at radius 1 is 1.50 bits per heavy atom. The van der Waals surface area contributed by atoms with Crippen LogP contribution in [0.2, 0.25) is 0 Å². The summed E-state index contributed by atoms with van der Waals surface area (Å²) < 4.78 is 10.4.